The number of nitrogens with zero attached hydrogens (tertiary/aromatic N) is 2. The molecule has 1 aromatic rings. The molecule has 0 atom stereocenters. The summed E-state index contributed by atoms with van der Waals surface area (Å²) in [6.45, 7) is 6.21. The number of nitriles is 1. The quantitative estimate of drug-likeness (QED) is 0.838. The van der Waals surface area contributed by atoms with E-state index >= 15 is 0 Å². The van der Waals surface area contributed by atoms with E-state index in [0.29, 0.717) is 23.7 Å². The lowest BCUT2D eigenvalue weighted by atomic mass is 10.2. The number of anilines is 1. The fourth-order valence-electron chi connectivity index (χ4n) is 2.34. The normalized spacial score (nSPS) is 14.2. The van der Waals surface area contributed by atoms with Crippen LogP contribution in [0.5, 0.6) is 0 Å². The van der Waals surface area contributed by atoms with Crippen LogP contribution in [0, 0.1) is 17.2 Å². The lowest BCUT2D eigenvalue weighted by Crippen LogP contribution is -2.35. The Morgan fingerprint density at radius 3 is 2.76 bits per heavy atom. The third-order valence-electron chi connectivity index (χ3n) is 3.87. The molecule has 21 heavy (non-hydrogen) atoms. The van der Waals surface area contributed by atoms with Crippen molar-refractivity contribution < 1.29 is 4.79 Å². The first-order valence-electron chi connectivity index (χ1n) is 7.63. The highest BCUT2D eigenvalue weighted by Gasteiger charge is 2.25. The minimum absolute atomic E-state index is 0.0286. The van der Waals surface area contributed by atoms with E-state index < -0.39 is 0 Å². The Hall–Kier alpha value is -1.86. The van der Waals surface area contributed by atoms with E-state index in [1.165, 1.54) is 12.8 Å². The van der Waals surface area contributed by atoms with Gasteiger partial charge in [-0.25, -0.2) is 0 Å². The Balaban J connectivity index is 1.84. The van der Waals surface area contributed by atoms with Gasteiger partial charge in [-0.1, -0.05) is 12.1 Å². The maximum atomic E-state index is 12.1. The molecule has 1 saturated carbocycles. The van der Waals surface area contributed by atoms with Crippen molar-refractivity contribution in [2.24, 2.45) is 5.92 Å². The molecule has 1 amide bonds. The van der Waals surface area contributed by atoms with E-state index in [9.17, 15) is 4.79 Å². The number of carbonyl (C=O) groups excluding carboxylic acids is 1. The lowest BCUT2D eigenvalue weighted by Gasteiger charge is -2.26. The molecule has 1 fully saturated rings. The zero-order valence-corrected chi connectivity index (χ0v) is 12.8. The molecule has 0 radical (unpaired) electrons. The van der Waals surface area contributed by atoms with Crippen molar-refractivity contribution in [2.45, 2.75) is 39.2 Å². The van der Waals surface area contributed by atoms with Crippen molar-refractivity contribution in [3.63, 3.8) is 0 Å². The molecule has 0 bridgehead atoms. The van der Waals surface area contributed by atoms with Crippen LogP contribution in [0.1, 0.15) is 38.7 Å². The van der Waals surface area contributed by atoms with Crippen molar-refractivity contribution in [1.82, 2.24) is 4.90 Å². The molecule has 1 aliphatic rings. The van der Waals surface area contributed by atoms with Gasteiger partial charge in [-0.05, 0) is 44.7 Å². The third-order valence-corrected chi connectivity index (χ3v) is 3.87. The molecule has 0 aromatic heterocycles. The Bertz CT molecular complexity index is 529. The van der Waals surface area contributed by atoms with Crippen LogP contribution in [-0.4, -0.2) is 29.9 Å². The molecule has 1 aliphatic carbocycles. The molecule has 0 unspecified atom stereocenters. The molecule has 4 nitrogen and oxygen atoms in total. The molecule has 2 rings (SSSR count). The first-order chi connectivity index (χ1) is 10.1. The number of hydrogen-bond acceptors (Lipinski definition) is 3. The van der Waals surface area contributed by atoms with E-state index in [4.69, 9.17) is 5.26 Å². The van der Waals surface area contributed by atoms with Gasteiger partial charge < -0.3 is 10.2 Å². The van der Waals surface area contributed by atoms with Crippen LogP contribution < -0.4 is 5.32 Å². The van der Waals surface area contributed by atoms with Gasteiger partial charge in [0.1, 0.15) is 6.07 Å². The monoisotopic (exact) mass is 285 g/mol. The van der Waals surface area contributed by atoms with Gasteiger partial charge in [0.25, 0.3) is 0 Å². The Kier molecular flexibility index (Phi) is 5.35. The lowest BCUT2D eigenvalue weighted by molar-refractivity contribution is -0.116. The zero-order valence-electron chi connectivity index (χ0n) is 12.8. The average Bonchev–Trinajstić information content (AvgIpc) is 3.27. The van der Waals surface area contributed by atoms with Crippen LogP contribution >= 0.6 is 0 Å². The minimum atomic E-state index is -0.0286. The molecule has 0 heterocycles. The largest absolute Gasteiger partial charge is 0.325 e. The molecule has 0 spiro atoms. The summed E-state index contributed by atoms with van der Waals surface area (Å²) in [5.74, 6) is 0.800. The number of carbonyl (C=O) groups is 1. The van der Waals surface area contributed by atoms with Crippen LogP contribution in [-0.2, 0) is 4.79 Å². The summed E-state index contributed by atoms with van der Waals surface area (Å²) >= 11 is 0. The van der Waals surface area contributed by atoms with Crippen molar-refractivity contribution in [2.75, 3.05) is 18.4 Å². The summed E-state index contributed by atoms with van der Waals surface area (Å²) in [4.78, 5) is 14.4. The Labute approximate surface area is 126 Å². The van der Waals surface area contributed by atoms with E-state index in [2.05, 4.69) is 30.1 Å². The van der Waals surface area contributed by atoms with Crippen LogP contribution in [0.2, 0.25) is 0 Å². The standard InChI is InChI=1S/C17H23N3O/c1-13(2)20(12-14-7-8-14)10-9-17(21)19-16-6-4-3-5-15(16)11-18/h3-6,13-14H,7-10,12H2,1-2H3,(H,19,21). The predicted molar refractivity (Wildman–Crippen MR) is 83.8 cm³/mol. The van der Waals surface area contributed by atoms with Crippen LogP contribution in [0.3, 0.4) is 0 Å². The van der Waals surface area contributed by atoms with Gasteiger partial charge in [0.2, 0.25) is 5.91 Å². The van der Waals surface area contributed by atoms with Gasteiger partial charge in [-0.15, -0.1) is 0 Å². The van der Waals surface area contributed by atoms with Gasteiger partial charge in [0.15, 0.2) is 0 Å². The summed E-state index contributed by atoms with van der Waals surface area (Å²) in [6.07, 6.45) is 3.11. The van der Waals surface area contributed by atoms with Crippen molar-refractivity contribution in [1.29, 1.82) is 5.26 Å². The number of amides is 1. The summed E-state index contributed by atoms with van der Waals surface area (Å²) in [6, 6.07) is 9.65. The van der Waals surface area contributed by atoms with Crippen molar-refractivity contribution in [3.8, 4) is 6.07 Å². The summed E-state index contributed by atoms with van der Waals surface area (Å²) in [5, 5.41) is 11.9. The number of rotatable bonds is 7. The summed E-state index contributed by atoms with van der Waals surface area (Å²) in [7, 11) is 0. The first-order valence-corrected chi connectivity index (χ1v) is 7.63. The molecule has 1 aromatic carbocycles. The Morgan fingerprint density at radius 2 is 2.14 bits per heavy atom. The second kappa shape index (κ2) is 7.24. The first kappa shape index (κ1) is 15.5. The SMILES string of the molecule is CC(C)N(CCC(=O)Nc1ccccc1C#N)CC1CC1. The van der Waals surface area contributed by atoms with Gasteiger partial charge in [-0.3, -0.25) is 4.79 Å². The summed E-state index contributed by atoms with van der Waals surface area (Å²) < 4.78 is 0. The number of benzene rings is 1. The third kappa shape index (κ3) is 4.87. The Morgan fingerprint density at radius 1 is 1.43 bits per heavy atom. The van der Waals surface area contributed by atoms with E-state index in [-0.39, 0.29) is 5.91 Å². The van der Waals surface area contributed by atoms with Gasteiger partial charge in [0, 0.05) is 25.6 Å². The van der Waals surface area contributed by atoms with Crippen LogP contribution in [0.15, 0.2) is 24.3 Å². The van der Waals surface area contributed by atoms with Crippen LogP contribution in [0.4, 0.5) is 5.69 Å². The number of hydrogen-bond donors (Lipinski definition) is 1. The van der Waals surface area contributed by atoms with Crippen molar-refractivity contribution >= 4 is 11.6 Å². The van der Waals surface area contributed by atoms with Crippen molar-refractivity contribution in [3.05, 3.63) is 29.8 Å². The van der Waals surface area contributed by atoms with E-state index in [1.54, 1.807) is 18.2 Å². The topological polar surface area (TPSA) is 56.1 Å². The summed E-state index contributed by atoms with van der Waals surface area (Å²) in [5.41, 5.74) is 1.10. The van der Waals surface area contributed by atoms with E-state index in [1.807, 2.05) is 6.07 Å². The van der Waals surface area contributed by atoms with E-state index in [0.717, 1.165) is 19.0 Å². The fraction of sp³-hybridized carbons (Fsp3) is 0.529. The zero-order chi connectivity index (χ0) is 15.2. The second-order valence-corrected chi connectivity index (χ2v) is 5.99. The molecule has 1 N–H and O–H groups in total. The molecule has 0 saturated heterocycles. The second-order valence-electron chi connectivity index (χ2n) is 5.99. The molecular formula is C17H23N3O. The molecular weight excluding hydrogens is 262 g/mol. The highest BCUT2D eigenvalue weighted by atomic mass is 16.1. The number of nitrogens with one attached hydrogen (secondary N) is 1. The van der Waals surface area contributed by atoms with Gasteiger partial charge in [0.05, 0.1) is 11.3 Å². The minimum Gasteiger partial charge on any atom is -0.325 e. The fourth-order valence-corrected chi connectivity index (χ4v) is 2.34. The maximum absolute atomic E-state index is 12.1. The smallest absolute Gasteiger partial charge is 0.225 e. The maximum Gasteiger partial charge on any atom is 0.225 e. The van der Waals surface area contributed by atoms with Crippen LogP contribution in [0.25, 0.3) is 0 Å². The highest BCUT2D eigenvalue weighted by Crippen LogP contribution is 2.30. The molecule has 112 valence electrons. The predicted octanol–water partition coefficient (Wildman–Crippen LogP) is 3.01. The molecule has 0 aliphatic heterocycles. The highest BCUT2D eigenvalue weighted by molar-refractivity contribution is 5.92. The van der Waals surface area contributed by atoms with Gasteiger partial charge >= 0.3 is 0 Å². The number of para-hydroxylation sites is 1. The molecule has 4 heteroatoms. The average molecular weight is 285 g/mol. The van der Waals surface area contributed by atoms with Gasteiger partial charge in [-0.2, -0.15) is 5.26 Å².